The van der Waals surface area contributed by atoms with Crippen molar-refractivity contribution in [2.24, 2.45) is 5.92 Å². The van der Waals surface area contributed by atoms with Gasteiger partial charge >= 0.3 is 0 Å². The molecule has 1 N–H and O–H groups in total. The van der Waals surface area contributed by atoms with Crippen LogP contribution in [0.3, 0.4) is 0 Å². The normalized spacial score (nSPS) is 12.2. The molecule has 0 amide bonds. The van der Waals surface area contributed by atoms with Gasteiger partial charge in [-0.25, -0.2) is 4.98 Å². The highest BCUT2D eigenvalue weighted by Gasteiger charge is 2.03. The zero-order valence-electron chi connectivity index (χ0n) is 9.36. The largest absolute Gasteiger partial charge is 0.481 e. The summed E-state index contributed by atoms with van der Waals surface area (Å²) in [7, 11) is 3.28. The van der Waals surface area contributed by atoms with Crippen molar-refractivity contribution in [3.8, 4) is 5.88 Å². The van der Waals surface area contributed by atoms with Crippen molar-refractivity contribution < 1.29 is 9.47 Å². The quantitative estimate of drug-likeness (QED) is 0.765. The van der Waals surface area contributed by atoms with Crippen molar-refractivity contribution in [3.63, 3.8) is 0 Å². The summed E-state index contributed by atoms with van der Waals surface area (Å²) in [6.45, 7) is 3.59. The Bertz CT molecular complexity index is 294. The molecule has 0 saturated carbocycles. The molecule has 5 heteroatoms. The topological polar surface area (TPSA) is 56.3 Å². The van der Waals surface area contributed by atoms with E-state index < -0.39 is 0 Å². The molecule has 5 nitrogen and oxygen atoms in total. The van der Waals surface area contributed by atoms with Crippen LogP contribution in [-0.4, -0.2) is 37.3 Å². The SMILES string of the molecule is COCC(C)CNc1nccc(OC)n1. The summed E-state index contributed by atoms with van der Waals surface area (Å²) >= 11 is 0. The number of ether oxygens (including phenoxy) is 2. The van der Waals surface area contributed by atoms with Gasteiger partial charge in [0.05, 0.1) is 13.7 Å². The first kappa shape index (κ1) is 11.7. The van der Waals surface area contributed by atoms with Gasteiger partial charge in [0, 0.05) is 25.9 Å². The molecular weight excluding hydrogens is 194 g/mol. The smallest absolute Gasteiger partial charge is 0.225 e. The minimum atomic E-state index is 0.421. The first-order chi connectivity index (χ1) is 7.26. The monoisotopic (exact) mass is 211 g/mol. The second-order valence-electron chi connectivity index (χ2n) is 3.36. The Kier molecular flexibility index (Phi) is 4.83. The highest BCUT2D eigenvalue weighted by Crippen LogP contribution is 2.07. The summed E-state index contributed by atoms with van der Waals surface area (Å²) in [4.78, 5) is 8.21. The summed E-state index contributed by atoms with van der Waals surface area (Å²) in [6, 6.07) is 1.71. The molecule has 1 aromatic heterocycles. The van der Waals surface area contributed by atoms with Gasteiger partial charge in [0.2, 0.25) is 11.8 Å². The molecule has 0 spiro atoms. The van der Waals surface area contributed by atoms with Gasteiger partial charge in [-0.15, -0.1) is 0 Å². The lowest BCUT2D eigenvalue weighted by Crippen LogP contribution is -2.17. The molecule has 1 rings (SSSR count). The number of nitrogens with one attached hydrogen (secondary N) is 1. The lowest BCUT2D eigenvalue weighted by atomic mass is 10.2. The zero-order valence-corrected chi connectivity index (χ0v) is 9.36. The Morgan fingerprint density at radius 3 is 2.93 bits per heavy atom. The maximum atomic E-state index is 5.03. The van der Waals surface area contributed by atoms with E-state index in [4.69, 9.17) is 9.47 Å². The highest BCUT2D eigenvalue weighted by atomic mass is 16.5. The maximum absolute atomic E-state index is 5.03. The second kappa shape index (κ2) is 6.19. The molecule has 0 aliphatic carbocycles. The molecule has 1 atom stereocenters. The van der Waals surface area contributed by atoms with Crippen molar-refractivity contribution in [2.45, 2.75) is 6.92 Å². The number of methoxy groups -OCH3 is 2. The van der Waals surface area contributed by atoms with Gasteiger partial charge in [-0.05, 0) is 5.92 Å². The Morgan fingerprint density at radius 1 is 1.47 bits per heavy atom. The van der Waals surface area contributed by atoms with Crippen LogP contribution in [0.5, 0.6) is 5.88 Å². The third kappa shape index (κ3) is 4.12. The predicted molar refractivity (Wildman–Crippen MR) is 58.1 cm³/mol. The summed E-state index contributed by atoms with van der Waals surface area (Å²) in [5.41, 5.74) is 0. The van der Waals surface area contributed by atoms with E-state index in [-0.39, 0.29) is 0 Å². The van der Waals surface area contributed by atoms with Crippen LogP contribution in [0.2, 0.25) is 0 Å². The lowest BCUT2D eigenvalue weighted by Gasteiger charge is -2.11. The Morgan fingerprint density at radius 2 is 2.27 bits per heavy atom. The molecule has 0 bridgehead atoms. The van der Waals surface area contributed by atoms with Gasteiger partial charge in [0.1, 0.15) is 0 Å². The van der Waals surface area contributed by atoms with Crippen LogP contribution >= 0.6 is 0 Å². The summed E-state index contributed by atoms with van der Waals surface area (Å²) in [5, 5.41) is 3.12. The Balaban J connectivity index is 2.43. The average Bonchev–Trinajstić information content (AvgIpc) is 2.27. The first-order valence-corrected chi connectivity index (χ1v) is 4.86. The van der Waals surface area contributed by atoms with Crippen LogP contribution in [0.15, 0.2) is 12.3 Å². The van der Waals surface area contributed by atoms with E-state index in [9.17, 15) is 0 Å². The molecule has 0 fully saturated rings. The highest BCUT2D eigenvalue weighted by molar-refractivity contribution is 5.27. The van der Waals surface area contributed by atoms with Gasteiger partial charge in [0.15, 0.2) is 0 Å². The number of anilines is 1. The molecular formula is C10H17N3O2. The molecule has 1 heterocycles. The van der Waals surface area contributed by atoms with E-state index in [1.807, 2.05) is 0 Å². The molecule has 84 valence electrons. The predicted octanol–water partition coefficient (Wildman–Crippen LogP) is 1.18. The first-order valence-electron chi connectivity index (χ1n) is 4.86. The van der Waals surface area contributed by atoms with Crippen LogP contribution in [0.25, 0.3) is 0 Å². The Hall–Kier alpha value is -1.36. The molecule has 0 aromatic carbocycles. The van der Waals surface area contributed by atoms with Crippen LogP contribution in [0.1, 0.15) is 6.92 Å². The fourth-order valence-corrected chi connectivity index (χ4v) is 1.15. The number of rotatable bonds is 6. The van der Waals surface area contributed by atoms with Gasteiger partial charge in [-0.1, -0.05) is 6.92 Å². The van der Waals surface area contributed by atoms with E-state index >= 15 is 0 Å². The number of aromatic nitrogens is 2. The average molecular weight is 211 g/mol. The zero-order chi connectivity index (χ0) is 11.1. The van der Waals surface area contributed by atoms with E-state index in [0.29, 0.717) is 17.7 Å². The van der Waals surface area contributed by atoms with Crippen molar-refractivity contribution in [2.75, 3.05) is 32.7 Å². The third-order valence-electron chi connectivity index (χ3n) is 1.90. The fourth-order valence-electron chi connectivity index (χ4n) is 1.15. The molecule has 1 aromatic rings. The van der Waals surface area contributed by atoms with Crippen molar-refractivity contribution in [1.29, 1.82) is 0 Å². The molecule has 0 saturated heterocycles. The maximum Gasteiger partial charge on any atom is 0.225 e. The van der Waals surface area contributed by atoms with Crippen molar-refractivity contribution >= 4 is 5.95 Å². The van der Waals surface area contributed by atoms with Gasteiger partial charge < -0.3 is 14.8 Å². The van der Waals surface area contributed by atoms with Crippen LogP contribution in [0.4, 0.5) is 5.95 Å². The lowest BCUT2D eigenvalue weighted by molar-refractivity contribution is 0.164. The fraction of sp³-hybridized carbons (Fsp3) is 0.600. The van der Waals surface area contributed by atoms with Gasteiger partial charge in [-0.3, -0.25) is 0 Å². The Labute approximate surface area is 89.8 Å². The third-order valence-corrected chi connectivity index (χ3v) is 1.90. The van der Waals surface area contributed by atoms with Gasteiger partial charge in [0.25, 0.3) is 0 Å². The number of hydrogen-bond donors (Lipinski definition) is 1. The van der Waals surface area contributed by atoms with E-state index in [1.165, 1.54) is 0 Å². The minimum Gasteiger partial charge on any atom is -0.481 e. The molecule has 15 heavy (non-hydrogen) atoms. The summed E-state index contributed by atoms with van der Waals surface area (Å²) < 4.78 is 10.0. The summed E-state index contributed by atoms with van der Waals surface area (Å²) in [6.07, 6.45) is 1.66. The van der Waals surface area contributed by atoms with Crippen molar-refractivity contribution in [3.05, 3.63) is 12.3 Å². The van der Waals surface area contributed by atoms with E-state index in [2.05, 4.69) is 22.2 Å². The number of nitrogens with zero attached hydrogens (tertiary/aromatic N) is 2. The van der Waals surface area contributed by atoms with Crippen molar-refractivity contribution in [1.82, 2.24) is 9.97 Å². The van der Waals surface area contributed by atoms with Crippen LogP contribution in [0, 0.1) is 5.92 Å². The molecule has 0 radical (unpaired) electrons. The number of hydrogen-bond acceptors (Lipinski definition) is 5. The van der Waals surface area contributed by atoms with Crippen LogP contribution in [-0.2, 0) is 4.74 Å². The standard InChI is InChI=1S/C10H17N3O2/c1-8(7-14-2)6-12-10-11-5-4-9(13-10)15-3/h4-5,8H,6-7H2,1-3H3,(H,11,12,13). The molecule has 0 aliphatic rings. The minimum absolute atomic E-state index is 0.421. The molecule has 1 unspecified atom stereocenters. The molecule has 0 aliphatic heterocycles. The summed E-state index contributed by atoms with van der Waals surface area (Å²) in [5.74, 6) is 1.56. The van der Waals surface area contributed by atoms with Crippen LogP contribution < -0.4 is 10.1 Å². The second-order valence-corrected chi connectivity index (χ2v) is 3.36. The van der Waals surface area contributed by atoms with Gasteiger partial charge in [-0.2, -0.15) is 4.98 Å². The van der Waals surface area contributed by atoms with E-state index in [0.717, 1.165) is 13.2 Å². The van der Waals surface area contributed by atoms with E-state index in [1.54, 1.807) is 26.5 Å².